The first-order valence-corrected chi connectivity index (χ1v) is 6.35. The van der Waals surface area contributed by atoms with Gasteiger partial charge < -0.3 is 15.1 Å². The Morgan fingerprint density at radius 3 is 3.06 bits per heavy atom. The molecule has 0 spiro atoms. The maximum absolute atomic E-state index is 5.46. The Hall–Kier alpha value is -1.59. The molecular formula is C13H18N4O. The zero-order valence-electron chi connectivity index (χ0n) is 10.6. The molecular weight excluding hydrogens is 228 g/mol. The molecule has 5 heteroatoms. The Morgan fingerprint density at radius 1 is 1.39 bits per heavy atom. The number of hydrogen-bond acceptors (Lipinski definition) is 5. The van der Waals surface area contributed by atoms with Crippen LogP contribution in [-0.4, -0.2) is 42.7 Å². The number of aromatic nitrogens is 1. The third-order valence-corrected chi connectivity index (χ3v) is 3.21. The third-order valence-electron chi connectivity index (χ3n) is 3.21. The van der Waals surface area contributed by atoms with Crippen LogP contribution in [0.25, 0.3) is 11.1 Å². The van der Waals surface area contributed by atoms with E-state index >= 15 is 0 Å². The van der Waals surface area contributed by atoms with Gasteiger partial charge in [0.1, 0.15) is 5.52 Å². The SMILES string of the molecule is Cc1nc2cc(NCN3CCNCC3)ccc2o1. The van der Waals surface area contributed by atoms with Crippen LogP contribution < -0.4 is 10.6 Å². The van der Waals surface area contributed by atoms with Gasteiger partial charge in [0.2, 0.25) is 0 Å². The molecule has 0 unspecified atom stereocenters. The number of aryl methyl sites for hydroxylation is 1. The molecule has 18 heavy (non-hydrogen) atoms. The lowest BCUT2D eigenvalue weighted by atomic mass is 10.3. The monoisotopic (exact) mass is 246 g/mol. The Kier molecular flexibility index (Phi) is 3.17. The number of benzene rings is 1. The summed E-state index contributed by atoms with van der Waals surface area (Å²) < 4.78 is 5.46. The van der Waals surface area contributed by atoms with E-state index in [4.69, 9.17) is 4.42 Å². The number of fused-ring (bicyclic) bond motifs is 1. The molecule has 1 aromatic carbocycles. The molecule has 0 amide bonds. The van der Waals surface area contributed by atoms with Crippen molar-refractivity contribution in [3.05, 3.63) is 24.1 Å². The molecule has 0 atom stereocenters. The molecule has 0 bridgehead atoms. The minimum Gasteiger partial charge on any atom is -0.441 e. The van der Waals surface area contributed by atoms with Crippen LogP contribution in [0.3, 0.4) is 0 Å². The average Bonchev–Trinajstić information content (AvgIpc) is 2.77. The predicted octanol–water partition coefficient (Wildman–Crippen LogP) is 1.41. The lowest BCUT2D eigenvalue weighted by Gasteiger charge is -2.27. The lowest BCUT2D eigenvalue weighted by Crippen LogP contribution is -2.45. The van der Waals surface area contributed by atoms with Gasteiger partial charge in [-0.3, -0.25) is 4.90 Å². The molecule has 0 aliphatic carbocycles. The molecule has 5 nitrogen and oxygen atoms in total. The fourth-order valence-electron chi connectivity index (χ4n) is 2.22. The lowest BCUT2D eigenvalue weighted by molar-refractivity contribution is 0.256. The van der Waals surface area contributed by atoms with Crippen molar-refractivity contribution in [1.29, 1.82) is 0 Å². The van der Waals surface area contributed by atoms with Crippen molar-refractivity contribution in [2.75, 3.05) is 38.2 Å². The maximum atomic E-state index is 5.46. The summed E-state index contributed by atoms with van der Waals surface area (Å²) in [4.78, 5) is 6.74. The normalized spacial score (nSPS) is 17.2. The highest BCUT2D eigenvalue weighted by molar-refractivity contribution is 5.77. The zero-order chi connectivity index (χ0) is 12.4. The predicted molar refractivity (Wildman–Crippen MR) is 71.7 cm³/mol. The van der Waals surface area contributed by atoms with E-state index in [1.807, 2.05) is 25.1 Å². The second-order valence-electron chi connectivity index (χ2n) is 4.62. The van der Waals surface area contributed by atoms with E-state index in [2.05, 4.69) is 20.5 Å². The molecule has 1 aliphatic heterocycles. The van der Waals surface area contributed by atoms with Crippen molar-refractivity contribution in [2.24, 2.45) is 0 Å². The van der Waals surface area contributed by atoms with Crippen molar-refractivity contribution in [3.8, 4) is 0 Å². The van der Waals surface area contributed by atoms with E-state index in [9.17, 15) is 0 Å². The highest BCUT2D eigenvalue weighted by Gasteiger charge is 2.09. The quantitative estimate of drug-likeness (QED) is 0.857. The van der Waals surface area contributed by atoms with E-state index in [1.165, 1.54) is 0 Å². The second-order valence-corrected chi connectivity index (χ2v) is 4.62. The molecule has 2 N–H and O–H groups in total. The van der Waals surface area contributed by atoms with Crippen LogP contribution in [0.2, 0.25) is 0 Å². The largest absolute Gasteiger partial charge is 0.441 e. The molecule has 1 aromatic heterocycles. The number of nitrogens with one attached hydrogen (secondary N) is 2. The number of piperazine rings is 1. The maximum Gasteiger partial charge on any atom is 0.192 e. The van der Waals surface area contributed by atoms with Crippen LogP contribution in [0.4, 0.5) is 5.69 Å². The zero-order valence-corrected chi connectivity index (χ0v) is 10.6. The minimum atomic E-state index is 0.712. The molecule has 2 aromatic rings. The van der Waals surface area contributed by atoms with Crippen molar-refractivity contribution in [1.82, 2.24) is 15.2 Å². The fourth-order valence-corrected chi connectivity index (χ4v) is 2.22. The summed E-state index contributed by atoms with van der Waals surface area (Å²) in [7, 11) is 0. The van der Waals surface area contributed by atoms with E-state index < -0.39 is 0 Å². The topological polar surface area (TPSA) is 53.3 Å². The van der Waals surface area contributed by atoms with Crippen molar-refractivity contribution >= 4 is 16.8 Å². The third kappa shape index (κ3) is 2.47. The van der Waals surface area contributed by atoms with Gasteiger partial charge in [0.25, 0.3) is 0 Å². The standard InChI is InChI=1S/C13H18N4O/c1-10-16-12-8-11(2-3-13(12)18-10)15-9-17-6-4-14-5-7-17/h2-3,8,14-15H,4-7,9H2,1H3. The summed E-state index contributed by atoms with van der Waals surface area (Å²) in [5, 5.41) is 6.78. The Labute approximate surface area is 106 Å². The first-order valence-electron chi connectivity index (χ1n) is 6.35. The molecule has 2 heterocycles. The van der Waals surface area contributed by atoms with Crippen molar-refractivity contribution < 1.29 is 4.42 Å². The van der Waals surface area contributed by atoms with Crippen LogP contribution in [0, 0.1) is 6.92 Å². The number of hydrogen-bond donors (Lipinski definition) is 2. The highest BCUT2D eigenvalue weighted by atomic mass is 16.3. The van der Waals surface area contributed by atoms with E-state index in [0.717, 1.165) is 49.6 Å². The highest BCUT2D eigenvalue weighted by Crippen LogP contribution is 2.19. The van der Waals surface area contributed by atoms with E-state index in [0.29, 0.717) is 5.89 Å². The van der Waals surface area contributed by atoms with Crippen LogP contribution in [0.15, 0.2) is 22.6 Å². The summed E-state index contributed by atoms with van der Waals surface area (Å²) in [5.41, 5.74) is 2.85. The van der Waals surface area contributed by atoms with Gasteiger partial charge in [-0.2, -0.15) is 0 Å². The molecule has 0 radical (unpaired) electrons. The first-order chi connectivity index (χ1) is 8.81. The van der Waals surface area contributed by atoms with Gasteiger partial charge in [0, 0.05) is 38.8 Å². The molecule has 1 saturated heterocycles. The van der Waals surface area contributed by atoms with E-state index in [1.54, 1.807) is 0 Å². The van der Waals surface area contributed by atoms with Crippen molar-refractivity contribution in [2.45, 2.75) is 6.92 Å². The summed E-state index contributed by atoms with van der Waals surface area (Å²) in [6, 6.07) is 6.04. The molecule has 0 saturated carbocycles. The Balaban J connectivity index is 1.66. The van der Waals surface area contributed by atoms with Crippen LogP contribution in [-0.2, 0) is 0 Å². The second kappa shape index (κ2) is 4.96. The minimum absolute atomic E-state index is 0.712. The summed E-state index contributed by atoms with van der Waals surface area (Å²) in [5.74, 6) is 0.712. The van der Waals surface area contributed by atoms with Crippen LogP contribution in [0.1, 0.15) is 5.89 Å². The van der Waals surface area contributed by atoms with Crippen LogP contribution >= 0.6 is 0 Å². The van der Waals surface area contributed by atoms with Crippen LogP contribution in [0.5, 0.6) is 0 Å². The Morgan fingerprint density at radius 2 is 2.22 bits per heavy atom. The van der Waals surface area contributed by atoms with Crippen molar-refractivity contribution in [3.63, 3.8) is 0 Å². The van der Waals surface area contributed by atoms with Gasteiger partial charge in [-0.15, -0.1) is 0 Å². The number of rotatable bonds is 3. The smallest absolute Gasteiger partial charge is 0.192 e. The fraction of sp³-hybridized carbons (Fsp3) is 0.462. The number of anilines is 1. The number of nitrogens with zero attached hydrogens (tertiary/aromatic N) is 2. The molecule has 1 aliphatic rings. The molecule has 96 valence electrons. The van der Waals surface area contributed by atoms with Gasteiger partial charge >= 0.3 is 0 Å². The summed E-state index contributed by atoms with van der Waals surface area (Å²) >= 11 is 0. The van der Waals surface area contributed by atoms with Gasteiger partial charge in [0.15, 0.2) is 11.5 Å². The van der Waals surface area contributed by atoms with Gasteiger partial charge in [-0.05, 0) is 18.2 Å². The molecule has 3 rings (SSSR count). The summed E-state index contributed by atoms with van der Waals surface area (Å²) in [6.45, 7) is 7.08. The molecule has 1 fully saturated rings. The Bertz CT molecular complexity index is 531. The number of oxazole rings is 1. The van der Waals surface area contributed by atoms with Gasteiger partial charge in [-0.25, -0.2) is 4.98 Å². The summed E-state index contributed by atoms with van der Waals surface area (Å²) in [6.07, 6.45) is 0. The van der Waals surface area contributed by atoms with Gasteiger partial charge in [-0.1, -0.05) is 0 Å². The first kappa shape index (κ1) is 11.5. The van der Waals surface area contributed by atoms with E-state index in [-0.39, 0.29) is 0 Å². The van der Waals surface area contributed by atoms with Gasteiger partial charge in [0.05, 0.1) is 6.67 Å². The average molecular weight is 246 g/mol.